The summed E-state index contributed by atoms with van der Waals surface area (Å²) in [7, 11) is 0. The number of Topliss-reactive ketones (excluding diaryl/α,β-unsaturated/α-hetero) is 1. The molecule has 0 bridgehead atoms. The molecule has 1 fully saturated rings. The van der Waals surface area contributed by atoms with Crippen LogP contribution in [0.4, 0.5) is 0 Å². The lowest BCUT2D eigenvalue weighted by molar-refractivity contribution is -0.117. The van der Waals surface area contributed by atoms with E-state index in [1.807, 2.05) is 6.20 Å². The third-order valence-electron chi connectivity index (χ3n) is 2.37. The third-order valence-corrected chi connectivity index (χ3v) is 3.55. The average Bonchev–Trinajstić information content (AvgIpc) is 2.71. The number of halogens is 1. The van der Waals surface area contributed by atoms with Crippen LogP contribution in [0.25, 0.3) is 0 Å². The van der Waals surface area contributed by atoms with Gasteiger partial charge in [0, 0.05) is 36.4 Å². The van der Waals surface area contributed by atoms with Gasteiger partial charge in [-0.05, 0) is 6.42 Å². The summed E-state index contributed by atoms with van der Waals surface area (Å²) in [5.41, 5.74) is 5.49. The second kappa shape index (κ2) is 4.87. The van der Waals surface area contributed by atoms with Gasteiger partial charge in [0.05, 0.1) is 5.01 Å². The molecular weight excluding hydrogens is 220 g/mol. The molecule has 0 aromatic carbocycles. The van der Waals surface area contributed by atoms with E-state index in [-0.39, 0.29) is 12.4 Å². The summed E-state index contributed by atoms with van der Waals surface area (Å²) in [5, 5.41) is 1.09. The maximum absolute atomic E-state index is 11.1. The van der Waals surface area contributed by atoms with Crippen LogP contribution in [-0.2, 0) is 11.3 Å². The first-order valence-electron chi connectivity index (χ1n) is 4.46. The Morgan fingerprint density at radius 3 is 2.93 bits per heavy atom. The van der Waals surface area contributed by atoms with Crippen LogP contribution in [0.3, 0.4) is 0 Å². The van der Waals surface area contributed by atoms with E-state index >= 15 is 0 Å². The molecule has 1 aliphatic rings. The molecule has 2 N–H and O–H groups in total. The predicted molar refractivity (Wildman–Crippen MR) is 58.9 cm³/mol. The highest BCUT2D eigenvalue weighted by Gasteiger charge is 2.25. The molecule has 0 spiro atoms. The summed E-state index contributed by atoms with van der Waals surface area (Å²) in [4.78, 5) is 16.5. The van der Waals surface area contributed by atoms with Crippen LogP contribution >= 0.6 is 23.7 Å². The summed E-state index contributed by atoms with van der Waals surface area (Å²) in [6, 6.07) is 0. The SMILES string of the molecule is Cl.NCc1cnc([C@H]2CCC(=O)C2)s1. The Kier molecular flexibility index (Phi) is 4.04. The molecule has 1 atom stereocenters. The van der Waals surface area contributed by atoms with Crippen molar-refractivity contribution < 1.29 is 4.79 Å². The first-order valence-corrected chi connectivity index (χ1v) is 5.27. The molecule has 14 heavy (non-hydrogen) atoms. The largest absolute Gasteiger partial charge is 0.326 e. The fourth-order valence-corrected chi connectivity index (χ4v) is 2.56. The fraction of sp³-hybridized carbons (Fsp3) is 0.556. The van der Waals surface area contributed by atoms with Crippen molar-refractivity contribution in [2.75, 3.05) is 0 Å². The number of rotatable bonds is 2. The first-order chi connectivity index (χ1) is 6.29. The maximum atomic E-state index is 11.1. The van der Waals surface area contributed by atoms with Crippen molar-refractivity contribution in [3.8, 4) is 0 Å². The smallest absolute Gasteiger partial charge is 0.133 e. The predicted octanol–water partition coefficient (Wildman–Crippen LogP) is 1.86. The minimum absolute atomic E-state index is 0. The Morgan fingerprint density at radius 2 is 2.43 bits per heavy atom. The minimum atomic E-state index is 0. The van der Waals surface area contributed by atoms with E-state index in [1.165, 1.54) is 0 Å². The van der Waals surface area contributed by atoms with Gasteiger partial charge in [-0.25, -0.2) is 4.98 Å². The normalized spacial score (nSPS) is 20.9. The van der Waals surface area contributed by atoms with Crippen LogP contribution in [-0.4, -0.2) is 10.8 Å². The minimum Gasteiger partial charge on any atom is -0.326 e. The van der Waals surface area contributed by atoms with Gasteiger partial charge in [-0.15, -0.1) is 23.7 Å². The number of nitrogens with two attached hydrogens (primary N) is 1. The molecule has 1 aliphatic carbocycles. The van der Waals surface area contributed by atoms with Crippen LogP contribution in [0.15, 0.2) is 6.20 Å². The van der Waals surface area contributed by atoms with Gasteiger partial charge in [-0.3, -0.25) is 4.79 Å². The van der Waals surface area contributed by atoms with Crippen LogP contribution < -0.4 is 5.73 Å². The number of ketones is 1. The van der Waals surface area contributed by atoms with Crippen molar-refractivity contribution in [3.05, 3.63) is 16.1 Å². The van der Waals surface area contributed by atoms with Gasteiger partial charge in [-0.1, -0.05) is 0 Å². The monoisotopic (exact) mass is 232 g/mol. The van der Waals surface area contributed by atoms with Crippen LogP contribution in [0.2, 0.25) is 0 Å². The summed E-state index contributed by atoms with van der Waals surface area (Å²) in [5.74, 6) is 0.743. The van der Waals surface area contributed by atoms with Crippen molar-refractivity contribution in [1.82, 2.24) is 4.98 Å². The molecule has 1 aromatic heterocycles. The van der Waals surface area contributed by atoms with E-state index in [1.54, 1.807) is 11.3 Å². The summed E-state index contributed by atoms with van der Waals surface area (Å²) in [6.07, 6.45) is 4.19. The highest BCUT2D eigenvalue weighted by Crippen LogP contribution is 2.34. The van der Waals surface area contributed by atoms with Crippen molar-refractivity contribution in [2.45, 2.75) is 31.7 Å². The Labute approximate surface area is 93.1 Å². The zero-order chi connectivity index (χ0) is 9.26. The molecule has 2 rings (SSSR count). The number of hydrogen-bond acceptors (Lipinski definition) is 4. The molecule has 1 saturated carbocycles. The summed E-state index contributed by atoms with van der Waals surface area (Å²) < 4.78 is 0. The van der Waals surface area contributed by atoms with Crippen molar-refractivity contribution in [3.63, 3.8) is 0 Å². The number of nitrogens with zero attached hydrogens (tertiary/aromatic N) is 1. The fourth-order valence-electron chi connectivity index (χ4n) is 1.63. The topological polar surface area (TPSA) is 56.0 Å². The van der Waals surface area contributed by atoms with Gasteiger partial charge in [0.1, 0.15) is 5.78 Å². The highest BCUT2D eigenvalue weighted by atomic mass is 35.5. The van der Waals surface area contributed by atoms with Gasteiger partial charge in [0.25, 0.3) is 0 Å². The number of aromatic nitrogens is 1. The summed E-state index contributed by atoms with van der Waals surface area (Å²) in [6.45, 7) is 0.554. The van der Waals surface area contributed by atoms with Crippen LogP contribution in [0.1, 0.15) is 35.1 Å². The number of carbonyl (C=O) groups excluding carboxylic acids is 1. The second-order valence-corrected chi connectivity index (χ2v) is 4.49. The number of thiazole rings is 1. The molecule has 3 nitrogen and oxygen atoms in total. The van der Waals surface area contributed by atoms with E-state index in [4.69, 9.17) is 5.73 Å². The molecule has 1 heterocycles. The zero-order valence-electron chi connectivity index (χ0n) is 7.73. The van der Waals surface area contributed by atoms with E-state index in [9.17, 15) is 4.79 Å². The Hall–Kier alpha value is -0.450. The average molecular weight is 233 g/mol. The first kappa shape index (κ1) is 11.6. The van der Waals surface area contributed by atoms with Gasteiger partial charge in [0.2, 0.25) is 0 Å². The van der Waals surface area contributed by atoms with E-state index in [0.717, 1.165) is 22.7 Å². The van der Waals surface area contributed by atoms with E-state index in [0.29, 0.717) is 24.7 Å². The molecule has 78 valence electrons. The highest BCUT2D eigenvalue weighted by molar-refractivity contribution is 7.11. The Bertz CT molecular complexity index is 326. The standard InChI is InChI=1S/C9H12N2OS.ClH/c10-4-8-5-11-9(13-8)6-1-2-7(12)3-6;/h5-6H,1-4,10H2;1H/t6-;/m0./s1. The lowest BCUT2D eigenvalue weighted by atomic mass is 10.1. The Morgan fingerprint density at radius 1 is 1.64 bits per heavy atom. The lowest BCUT2D eigenvalue weighted by Crippen LogP contribution is -1.92. The van der Waals surface area contributed by atoms with Crippen molar-refractivity contribution in [1.29, 1.82) is 0 Å². The molecule has 1 aromatic rings. The quantitative estimate of drug-likeness (QED) is 0.847. The number of carbonyl (C=O) groups is 1. The molecular formula is C9H13ClN2OS. The molecule has 0 unspecified atom stereocenters. The van der Waals surface area contributed by atoms with Gasteiger partial charge in [-0.2, -0.15) is 0 Å². The van der Waals surface area contributed by atoms with Crippen molar-refractivity contribution >= 4 is 29.5 Å². The van der Waals surface area contributed by atoms with Crippen LogP contribution in [0, 0.1) is 0 Å². The lowest BCUT2D eigenvalue weighted by Gasteiger charge is -2.00. The molecule has 0 amide bonds. The van der Waals surface area contributed by atoms with Crippen LogP contribution in [0.5, 0.6) is 0 Å². The second-order valence-electron chi connectivity index (χ2n) is 3.35. The number of hydrogen-bond donors (Lipinski definition) is 1. The van der Waals surface area contributed by atoms with Gasteiger partial charge < -0.3 is 5.73 Å². The van der Waals surface area contributed by atoms with Gasteiger partial charge in [0.15, 0.2) is 0 Å². The molecule has 5 heteroatoms. The third kappa shape index (κ3) is 2.32. The van der Waals surface area contributed by atoms with E-state index < -0.39 is 0 Å². The molecule has 0 radical (unpaired) electrons. The van der Waals surface area contributed by atoms with E-state index in [2.05, 4.69) is 4.98 Å². The Balaban J connectivity index is 0.000000980. The molecule has 0 aliphatic heterocycles. The summed E-state index contributed by atoms with van der Waals surface area (Å²) >= 11 is 1.64. The zero-order valence-corrected chi connectivity index (χ0v) is 9.37. The molecule has 0 saturated heterocycles. The van der Waals surface area contributed by atoms with Crippen molar-refractivity contribution in [2.24, 2.45) is 5.73 Å². The van der Waals surface area contributed by atoms with Gasteiger partial charge >= 0.3 is 0 Å². The maximum Gasteiger partial charge on any atom is 0.133 e.